The first-order chi connectivity index (χ1) is 34.0. The Morgan fingerprint density at radius 2 is 0.522 bits per heavy atom. The lowest BCUT2D eigenvalue weighted by Crippen LogP contribution is -2.30. The Morgan fingerprint density at radius 3 is 0.870 bits per heavy atom. The summed E-state index contributed by atoms with van der Waals surface area (Å²) in [4.78, 5) is 38.2. The lowest BCUT2D eigenvalue weighted by Gasteiger charge is -2.18. The van der Waals surface area contributed by atoms with E-state index in [0.29, 0.717) is 19.3 Å². The zero-order valence-electron chi connectivity index (χ0n) is 45.6. The lowest BCUT2D eigenvalue weighted by molar-refractivity contribution is -0.167. The van der Waals surface area contributed by atoms with Gasteiger partial charge in [-0.05, 0) is 116 Å². The number of hydrogen-bond donors (Lipinski definition) is 0. The fraction of sp³-hybridized carbons (Fsp3) is 0.762. The van der Waals surface area contributed by atoms with Gasteiger partial charge in [0.2, 0.25) is 0 Å². The number of allylic oxidation sites excluding steroid dienone is 12. The first-order valence-corrected chi connectivity index (χ1v) is 29.4. The number of unbranched alkanes of at least 4 members (excludes halogenated alkanes) is 30. The molecule has 0 fully saturated rings. The summed E-state index contributed by atoms with van der Waals surface area (Å²) in [5.74, 6) is -0.915. The van der Waals surface area contributed by atoms with Crippen LogP contribution in [0.2, 0.25) is 0 Å². The van der Waals surface area contributed by atoms with Crippen molar-refractivity contribution in [3.05, 3.63) is 72.9 Å². The van der Waals surface area contributed by atoms with E-state index < -0.39 is 6.10 Å². The highest BCUT2D eigenvalue weighted by molar-refractivity contribution is 5.71. The summed E-state index contributed by atoms with van der Waals surface area (Å²) in [5.41, 5.74) is 0. The third-order valence-electron chi connectivity index (χ3n) is 12.7. The molecule has 0 aromatic heterocycles. The number of esters is 3. The average Bonchev–Trinajstić information content (AvgIpc) is 3.35. The Balaban J connectivity index is 4.43. The molecule has 0 radical (unpaired) electrons. The van der Waals surface area contributed by atoms with Crippen LogP contribution < -0.4 is 0 Å². The molecule has 1 unspecified atom stereocenters. The third kappa shape index (κ3) is 55.6. The van der Waals surface area contributed by atoms with Crippen LogP contribution in [0.25, 0.3) is 0 Å². The number of ether oxygens (including phenoxy) is 3. The zero-order valence-corrected chi connectivity index (χ0v) is 45.6. The minimum Gasteiger partial charge on any atom is -0.462 e. The molecule has 0 heterocycles. The van der Waals surface area contributed by atoms with Gasteiger partial charge >= 0.3 is 17.9 Å². The van der Waals surface area contributed by atoms with E-state index in [0.717, 1.165) is 109 Å². The largest absolute Gasteiger partial charge is 0.462 e. The predicted molar refractivity (Wildman–Crippen MR) is 298 cm³/mol. The summed E-state index contributed by atoms with van der Waals surface area (Å²) in [7, 11) is 0. The van der Waals surface area contributed by atoms with Gasteiger partial charge in [0, 0.05) is 19.3 Å². The van der Waals surface area contributed by atoms with Gasteiger partial charge in [-0.2, -0.15) is 0 Å². The highest BCUT2D eigenvalue weighted by Gasteiger charge is 2.19. The second-order valence-corrected chi connectivity index (χ2v) is 19.5. The maximum absolute atomic E-state index is 12.9. The number of carbonyl (C=O) groups is 3. The van der Waals surface area contributed by atoms with Crippen molar-refractivity contribution in [3.8, 4) is 0 Å². The van der Waals surface area contributed by atoms with E-state index in [1.54, 1.807) is 0 Å². The quantitative estimate of drug-likeness (QED) is 0.0262. The summed E-state index contributed by atoms with van der Waals surface area (Å²) < 4.78 is 16.9. The normalized spacial score (nSPS) is 12.6. The van der Waals surface area contributed by atoms with E-state index in [-0.39, 0.29) is 31.1 Å². The Labute approximate surface area is 427 Å². The first-order valence-electron chi connectivity index (χ1n) is 29.4. The molecule has 6 heteroatoms. The summed E-state index contributed by atoms with van der Waals surface area (Å²) in [5, 5.41) is 0. The molecule has 1 atom stereocenters. The Hall–Kier alpha value is -3.15. The molecule has 398 valence electrons. The van der Waals surface area contributed by atoms with Gasteiger partial charge in [0.25, 0.3) is 0 Å². The summed E-state index contributed by atoms with van der Waals surface area (Å²) in [6, 6.07) is 0. The Morgan fingerprint density at radius 1 is 0.290 bits per heavy atom. The molecule has 0 saturated carbocycles. The van der Waals surface area contributed by atoms with Gasteiger partial charge in [0.15, 0.2) is 6.10 Å². The molecule has 0 saturated heterocycles. The van der Waals surface area contributed by atoms with Gasteiger partial charge in [-0.3, -0.25) is 14.4 Å². The van der Waals surface area contributed by atoms with Crippen molar-refractivity contribution in [2.45, 2.75) is 297 Å². The molecule has 6 nitrogen and oxygen atoms in total. The van der Waals surface area contributed by atoms with Crippen molar-refractivity contribution >= 4 is 17.9 Å². The molecule has 0 spiro atoms. The molecule has 0 aliphatic heterocycles. The fourth-order valence-corrected chi connectivity index (χ4v) is 8.18. The van der Waals surface area contributed by atoms with E-state index in [2.05, 4.69) is 93.7 Å². The van der Waals surface area contributed by atoms with Crippen LogP contribution in [-0.4, -0.2) is 37.2 Å². The molecule has 0 amide bonds. The second-order valence-electron chi connectivity index (χ2n) is 19.5. The van der Waals surface area contributed by atoms with Crippen molar-refractivity contribution in [2.24, 2.45) is 0 Å². The van der Waals surface area contributed by atoms with Gasteiger partial charge in [-0.25, -0.2) is 0 Å². The van der Waals surface area contributed by atoms with Crippen LogP contribution in [0, 0.1) is 0 Å². The summed E-state index contributed by atoms with van der Waals surface area (Å²) >= 11 is 0. The molecular weight excluding hydrogens is 853 g/mol. The van der Waals surface area contributed by atoms with Crippen LogP contribution >= 0.6 is 0 Å². The molecule has 0 aromatic rings. The maximum Gasteiger partial charge on any atom is 0.306 e. The van der Waals surface area contributed by atoms with Gasteiger partial charge in [-0.15, -0.1) is 0 Å². The number of hydrogen-bond acceptors (Lipinski definition) is 6. The monoisotopic (exact) mass is 963 g/mol. The first kappa shape index (κ1) is 65.8. The van der Waals surface area contributed by atoms with E-state index in [1.165, 1.54) is 141 Å². The van der Waals surface area contributed by atoms with Gasteiger partial charge in [0.05, 0.1) is 0 Å². The Bertz CT molecular complexity index is 1290. The lowest BCUT2D eigenvalue weighted by atomic mass is 10.1. The van der Waals surface area contributed by atoms with Crippen molar-refractivity contribution in [1.29, 1.82) is 0 Å². The highest BCUT2D eigenvalue weighted by atomic mass is 16.6. The van der Waals surface area contributed by atoms with Crippen LogP contribution in [0.5, 0.6) is 0 Å². The molecule has 0 bridgehead atoms. The molecule has 0 rings (SSSR count). The van der Waals surface area contributed by atoms with E-state index in [1.807, 2.05) is 0 Å². The molecular formula is C63H110O6. The van der Waals surface area contributed by atoms with Crippen LogP contribution in [0.4, 0.5) is 0 Å². The van der Waals surface area contributed by atoms with Gasteiger partial charge in [0.1, 0.15) is 13.2 Å². The summed E-state index contributed by atoms with van der Waals surface area (Å²) in [6.07, 6.45) is 73.1. The van der Waals surface area contributed by atoms with E-state index in [9.17, 15) is 14.4 Å². The van der Waals surface area contributed by atoms with Crippen molar-refractivity contribution in [3.63, 3.8) is 0 Å². The SMILES string of the molecule is CCCCC/C=C\C/C=C\C/C=C\CCCCCCCCC(=O)OCC(COC(=O)CCCCCCC/C=C\CCCCCCCCC)OC(=O)CCCCCCC/C=C\C/C=C\CCCCCC. The van der Waals surface area contributed by atoms with Crippen molar-refractivity contribution < 1.29 is 28.6 Å². The van der Waals surface area contributed by atoms with E-state index in [4.69, 9.17) is 14.2 Å². The fourth-order valence-electron chi connectivity index (χ4n) is 8.18. The number of rotatable bonds is 53. The zero-order chi connectivity index (χ0) is 50.0. The standard InChI is InChI=1S/C63H110O6/c1-4-7-10-13-16-19-22-25-28-31-32-33-36-38-41-44-47-50-53-56-62(65)68-59-60(69-63(66)57-54-51-48-45-42-39-35-30-27-24-21-18-15-12-9-6-3)58-67-61(64)55-52-49-46-43-40-37-34-29-26-23-20-17-14-11-8-5-2/h16,19,21,24-25,28-30,32-35,60H,4-15,17-18,20,22-23,26-27,31,36-59H2,1-3H3/b19-16-,24-21-,28-25-,33-32-,34-29-,35-30-. The predicted octanol–water partition coefficient (Wildman–Crippen LogP) is 19.8. The van der Waals surface area contributed by atoms with E-state index >= 15 is 0 Å². The van der Waals surface area contributed by atoms with Gasteiger partial charge < -0.3 is 14.2 Å². The van der Waals surface area contributed by atoms with Crippen molar-refractivity contribution in [2.75, 3.05) is 13.2 Å². The van der Waals surface area contributed by atoms with Crippen LogP contribution in [0.15, 0.2) is 72.9 Å². The molecule has 0 aliphatic carbocycles. The van der Waals surface area contributed by atoms with Crippen LogP contribution in [0.3, 0.4) is 0 Å². The smallest absolute Gasteiger partial charge is 0.306 e. The Kier molecular flexibility index (Phi) is 54.8. The molecule has 0 N–H and O–H groups in total. The molecule has 0 aromatic carbocycles. The van der Waals surface area contributed by atoms with Gasteiger partial charge in [-0.1, -0.05) is 229 Å². The van der Waals surface area contributed by atoms with Crippen molar-refractivity contribution in [1.82, 2.24) is 0 Å². The highest BCUT2D eigenvalue weighted by Crippen LogP contribution is 2.14. The van der Waals surface area contributed by atoms with Crippen LogP contribution in [0.1, 0.15) is 290 Å². The third-order valence-corrected chi connectivity index (χ3v) is 12.7. The number of carbonyl (C=O) groups excluding carboxylic acids is 3. The average molecular weight is 964 g/mol. The second kappa shape index (κ2) is 57.4. The minimum atomic E-state index is -0.792. The topological polar surface area (TPSA) is 78.9 Å². The van der Waals surface area contributed by atoms with Crippen LogP contribution in [-0.2, 0) is 28.6 Å². The summed E-state index contributed by atoms with van der Waals surface area (Å²) in [6.45, 7) is 6.58. The minimum absolute atomic E-state index is 0.0892. The maximum atomic E-state index is 12.9. The molecule has 69 heavy (non-hydrogen) atoms. The molecule has 0 aliphatic rings.